The zero-order valence-electron chi connectivity index (χ0n) is 14.0. The number of hydrogen-bond acceptors (Lipinski definition) is 3. The minimum absolute atomic E-state index is 0.722. The summed E-state index contributed by atoms with van der Waals surface area (Å²) < 4.78 is 2.24. The Morgan fingerprint density at radius 3 is 2.67 bits per heavy atom. The van der Waals surface area contributed by atoms with Gasteiger partial charge in [-0.15, -0.1) is 0 Å². The van der Waals surface area contributed by atoms with Crippen LogP contribution in [0.1, 0.15) is 5.56 Å². The number of likely N-dealkylation sites (N-methyl/N-ethyl adjacent to an activating group) is 1. The standard InChI is InChI=1S/C19H19ClN4/c1-12-4-6-15-16(10-12)21-18-14-11-13(20)5-7-17(14)24(19(18)22-15)9-8-23(2)3/h4-7,10-11H,8-9H2,1-3H3. The van der Waals surface area contributed by atoms with Gasteiger partial charge in [-0.25, -0.2) is 9.97 Å². The normalized spacial score (nSPS) is 12.0. The third-order valence-electron chi connectivity index (χ3n) is 4.33. The highest BCUT2D eigenvalue weighted by Gasteiger charge is 2.15. The molecule has 2 heterocycles. The van der Waals surface area contributed by atoms with Gasteiger partial charge in [-0.1, -0.05) is 17.7 Å². The van der Waals surface area contributed by atoms with Crippen molar-refractivity contribution < 1.29 is 0 Å². The molecule has 4 nitrogen and oxygen atoms in total. The zero-order chi connectivity index (χ0) is 16.8. The largest absolute Gasteiger partial charge is 0.323 e. The van der Waals surface area contributed by atoms with E-state index in [2.05, 4.69) is 48.7 Å². The number of aromatic nitrogens is 3. The molecule has 2 aromatic heterocycles. The van der Waals surface area contributed by atoms with Gasteiger partial charge in [-0.05, 0) is 56.9 Å². The molecule has 24 heavy (non-hydrogen) atoms. The van der Waals surface area contributed by atoms with Gasteiger partial charge in [0.05, 0.1) is 16.6 Å². The van der Waals surface area contributed by atoms with Gasteiger partial charge in [0.25, 0.3) is 0 Å². The molecule has 0 fully saturated rings. The lowest BCUT2D eigenvalue weighted by molar-refractivity contribution is 0.389. The van der Waals surface area contributed by atoms with Crippen molar-refractivity contribution in [2.45, 2.75) is 13.5 Å². The molecule has 0 saturated carbocycles. The maximum atomic E-state index is 6.23. The number of nitrogens with zero attached hydrogens (tertiary/aromatic N) is 4. The molecule has 0 amide bonds. The Morgan fingerprint density at radius 1 is 1.04 bits per heavy atom. The first-order valence-electron chi connectivity index (χ1n) is 8.03. The Hall–Kier alpha value is -2.17. The fourth-order valence-electron chi connectivity index (χ4n) is 3.10. The van der Waals surface area contributed by atoms with Crippen molar-refractivity contribution in [3.8, 4) is 0 Å². The molecule has 5 heteroatoms. The van der Waals surface area contributed by atoms with Crippen molar-refractivity contribution in [3.63, 3.8) is 0 Å². The zero-order valence-corrected chi connectivity index (χ0v) is 14.8. The first-order valence-corrected chi connectivity index (χ1v) is 8.41. The van der Waals surface area contributed by atoms with Crippen LogP contribution < -0.4 is 0 Å². The number of rotatable bonds is 3. The van der Waals surface area contributed by atoms with Gasteiger partial charge >= 0.3 is 0 Å². The minimum atomic E-state index is 0.722. The second-order valence-corrected chi connectivity index (χ2v) is 6.94. The summed E-state index contributed by atoms with van der Waals surface area (Å²) in [6.45, 7) is 3.87. The van der Waals surface area contributed by atoms with Crippen LogP contribution in [0.15, 0.2) is 36.4 Å². The monoisotopic (exact) mass is 338 g/mol. The van der Waals surface area contributed by atoms with Crippen LogP contribution in [0.4, 0.5) is 0 Å². The number of fused-ring (bicyclic) bond motifs is 4. The smallest absolute Gasteiger partial charge is 0.160 e. The van der Waals surface area contributed by atoms with Crippen LogP contribution in [-0.4, -0.2) is 40.1 Å². The lowest BCUT2D eigenvalue weighted by Gasteiger charge is -2.12. The van der Waals surface area contributed by atoms with Gasteiger partial charge in [0.2, 0.25) is 0 Å². The van der Waals surface area contributed by atoms with Gasteiger partial charge in [0.1, 0.15) is 5.52 Å². The van der Waals surface area contributed by atoms with Crippen LogP contribution in [0.2, 0.25) is 5.02 Å². The Kier molecular flexibility index (Phi) is 3.66. The predicted molar refractivity (Wildman–Crippen MR) is 101 cm³/mol. The van der Waals surface area contributed by atoms with Crippen molar-refractivity contribution in [1.29, 1.82) is 0 Å². The van der Waals surface area contributed by atoms with Gasteiger partial charge in [0, 0.05) is 23.5 Å². The van der Waals surface area contributed by atoms with E-state index in [9.17, 15) is 0 Å². The van der Waals surface area contributed by atoms with E-state index in [0.29, 0.717) is 0 Å². The van der Waals surface area contributed by atoms with Crippen molar-refractivity contribution in [3.05, 3.63) is 47.0 Å². The van der Waals surface area contributed by atoms with Crippen molar-refractivity contribution in [2.75, 3.05) is 20.6 Å². The fraction of sp³-hybridized carbons (Fsp3) is 0.263. The molecule has 122 valence electrons. The Morgan fingerprint density at radius 2 is 1.88 bits per heavy atom. The number of hydrogen-bond donors (Lipinski definition) is 0. The quantitative estimate of drug-likeness (QED) is 0.559. The highest BCUT2D eigenvalue weighted by Crippen LogP contribution is 2.30. The molecule has 2 aromatic carbocycles. The molecule has 0 saturated heterocycles. The molecule has 0 unspecified atom stereocenters. The van der Waals surface area contributed by atoms with E-state index in [0.717, 1.165) is 51.2 Å². The lowest BCUT2D eigenvalue weighted by Crippen LogP contribution is -2.18. The summed E-state index contributed by atoms with van der Waals surface area (Å²) in [7, 11) is 4.16. The molecule has 0 radical (unpaired) electrons. The summed E-state index contributed by atoms with van der Waals surface area (Å²) in [6, 6.07) is 12.2. The summed E-state index contributed by atoms with van der Waals surface area (Å²) in [5.41, 5.74) is 6.01. The van der Waals surface area contributed by atoms with Crippen LogP contribution in [0, 0.1) is 6.92 Å². The highest BCUT2D eigenvalue weighted by molar-refractivity contribution is 6.31. The number of aryl methyl sites for hydroxylation is 1. The Labute approximate surface area is 145 Å². The summed E-state index contributed by atoms with van der Waals surface area (Å²) >= 11 is 6.23. The molecular formula is C19H19ClN4. The topological polar surface area (TPSA) is 34.0 Å². The van der Waals surface area contributed by atoms with Gasteiger partial charge in [-0.3, -0.25) is 0 Å². The molecule has 4 aromatic rings. The predicted octanol–water partition coefficient (Wildman–Crippen LogP) is 4.26. The summed E-state index contributed by atoms with van der Waals surface area (Å²) in [5, 5.41) is 1.78. The molecule has 4 rings (SSSR count). The maximum Gasteiger partial charge on any atom is 0.160 e. The Bertz CT molecular complexity index is 1070. The highest BCUT2D eigenvalue weighted by atomic mass is 35.5. The maximum absolute atomic E-state index is 6.23. The van der Waals surface area contributed by atoms with E-state index >= 15 is 0 Å². The van der Waals surface area contributed by atoms with Gasteiger partial charge in [-0.2, -0.15) is 0 Å². The van der Waals surface area contributed by atoms with E-state index < -0.39 is 0 Å². The first-order chi connectivity index (χ1) is 11.5. The summed E-state index contributed by atoms with van der Waals surface area (Å²) in [5.74, 6) is 0. The van der Waals surface area contributed by atoms with Crippen LogP contribution in [0.5, 0.6) is 0 Å². The van der Waals surface area contributed by atoms with Crippen molar-refractivity contribution >= 4 is 44.7 Å². The second kappa shape index (κ2) is 5.72. The van der Waals surface area contributed by atoms with Crippen LogP contribution >= 0.6 is 11.6 Å². The van der Waals surface area contributed by atoms with Crippen LogP contribution in [-0.2, 0) is 6.54 Å². The van der Waals surface area contributed by atoms with E-state index in [1.54, 1.807) is 0 Å². The average Bonchev–Trinajstić information content (AvgIpc) is 2.83. The summed E-state index contributed by atoms with van der Waals surface area (Å²) in [4.78, 5) is 12.0. The molecule has 0 aliphatic heterocycles. The van der Waals surface area contributed by atoms with Gasteiger partial charge in [0.15, 0.2) is 5.65 Å². The second-order valence-electron chi connectivity index (χ2n) is 6.50. The molecular weight excluding hydrogens is 320 g/mol. The minimum Gasteiger partial charge on any atom is -0.323 e. The molecule has 0 N–H and O–H groups in total. The Balaban J connectivity index is 2.07. The first kappa shape index (κ1) is 15.4. The van der Waals surface area contributed by atoms with E-state index in [4.69, 9.17) is 21.6 Å². The molecule has 0 atom stereocenters. The fourth-order valence-corrected chi connectivity index (χ4v) is 3.27. The van der Waals surface area contributed by atoms with Crippen LogP contribution in [0.3, 0.4) is 0 Å². The summed E-state index contributed by atoms with van der Waals surface area (Å²) in [6.07, 6.45) is 0. The van der Waals surface area contributed by atoms with Crippen molar-refractivity contribution in [1.82, 2.24) is 19.4 Å². The SMILES string of the molecule is Cc1ccc2nc3c(nc2c1)c1cc(Cl)ccc1n3CCN(C)C. The number of halogens is 1. The molecule has 0 aliphatic carbocycles. The van der Waals surface area contributed by atoms with E-state index in [1.807, 2.05) is 18.2 Å². The van der Waals surface area contributed by atoms with Crippen molar-refractivity contribution in [2.24, 2.45) is 0 Å². The van der Waals surface area contributed by atoms with Gasteiger partial charge < -0.3 is 9.47 Å². The third-order valence-corrected chi connectivity index (χ3v) is 4.57. The molecule has 0 bridgehead atoms. The molecule has 0 spiro atoms. The van der Waals surface area contributed by atoms with E-state index in [-0.39, 0.29) is 0 Å². The third kappa shape index (κ3) is 2.52. The average molecular weight is 339 g/mol. The number of benzene rings is 2. The lowest BCUT2D eigenvalue weighted by atomic mass is 10.2. The van der Waals surface area contributed by atoms with E-state index in [1.165, 1.54) is 5.56 Å². The van der Waals surface area contributed by atoms with Crippen LogP contribution in [0.25, 0.3) is 33.1 Å². The molecule has 0 aliphatic rings.